The van der Waals surface area contributed by atoms with Crippen LogP contribution in [0.2, 0.25) is 5.02 Å². The molecule has 0 nitrogen and oxygen atoms in total. The van der Waals surface area contributed by atoms with Crippen molar-refractivity contribution < 1.29 is 0 Å². The second kappa shape index (κ2) is 3.99. The minimum absolute atomic E-state index is 0.820. The summed E-state index contributed by atoms with van der Waals surface area (Å²) in [6.45, 7) is 0. The van der Waals surface area contributed by atoms with Gasteiger partial charge in [0.2, 0.25) is 0 Å². The highest BCUT2D eigenvalue weighted by atomic mass is 35.5. The second-order valence-corrected chi connectivity index (χ2v) is 6.35. The highest BCUT2D eigenvalue weighted by Crippen LogP contribution is 2.38. The maximum atomic E-state index is 6.18. The first kappa shape index (κ1) is 11.3. The fraction of sp³-hybridized carbons (Fsp3) is 0. The molecule has 0 amide bonds. The summed E-state index contributed by atoms with van der Waals surface area (Å²) in [5, 5.41) is 6.13. The molecule has 0 saturated carbocycles. The Morgan fingerprint density at radius 3 is 2.68 bits per heavy atom. The van der Waals surface area contributed by atoms with E-state index in [0.29, 0.717) is 0 Å². The molecule has 0 radical (unpaired) electrons. The molecule has 0 atom stereocenters. The van der Waals surface area contributed by atoms with Gasteiger partial charge >= 0.3 is 0 Å². The molecule has 0 N–H and O–H groups in total. The molecule has 90 valence electrons. The lowest BCUT2D eigenvalue weighted by atomic mass is 9.90. The SMILES string of the molecule is Bc1cc(Cl)cc2sc3c4ccccc4ccc3c12. The van der Waals surface area contributed by atoms with Gasteiger partial charge in [-0.25, -0.2) is 0 Å². The maximum Gasteiger partial charge on any atom is 0.140 e. The van der Waals surface area contributed by atoms with Crippen molar-refractivity contribution in [3.63, 3.8) is 0 Å². The van der Waals surface area contributed by atoms with Gasteiger partial charge in [-0.3, -0.25) is 0 Å². The Hall–Kier alpha value is -1.51. The van der Waals surface area contributed by atoms with Gasteiger partial charge in [0.1, 0.15) is 7.85 Å². The Morgan fingerprint density at radius 2 is 1.79 bits per heavy atom. The fourth-order valence-corrected chi connectivity index (χ4v) is 4.49. The predicted octanol–water partition coefficient (Wildman–Crippen LogP) is 4.12. The van der Waals surface area contributed by atoms with Gasteiger partial charge in [0.05, 0.1) is 0 Å². The molecule has 0 bridgehead atoms. The summed E-state index contributed by atoms with van der Waals surface area (Å²) in [4.78, 5) is 0. The first-order valence-corrected chi connectivity index (χ1v) is 7.43. The van der Waals surface area contributed by atoms with Gasteiger partial charge in [0, 0.05) is 19.8 Å². The van der Waals surface area contributed by atoms with Gasteiger partial charge in [0.25, 0.3) is 0 Å². The Labute approximate surface area is 121 Å². The molecule has 0 saturated heterocycles. The third-order valence-corrected chi connectivity index (χ3v) is 5.03. The number of halogens is 1. The number of fused-ring (bicyclic) bond motifs is 5. The molecule has 19 heavy (non-hydrogen) atoms. The molecular weight excluding hydrogens is 271 g/mol. The van der Waals surface area contributed by atoms with E-state index in [9.17, 15) is 0 Å². The van der Waals surface area contributed by atoms with E-state index in [-0.39, 0.29) is 0 Å². The summed E-state index contributed by atoms with van der Waals surface area (Å²) in [5.41, 5.74) is 1.25. The largest absolute Gasteiger partial charge is 0.140 e. The Kier molecular flexibility index (Phi) is 2.38. The monoisotopic (exact) mass is 280 g/mol. The van der Waals surface area contributed by atoms with E-state index in [1.807, 2.05) is 17.4 Å². The molecule has 0 aliphatic rings. The molecule has 0 spiro atoms. The van der Waals surface area contributed by atoms with Crippen LogP contribution in [0.15, 0.2) is 48.5 Å². The van der Waals surface area contributed by atoms with Crippen molar-refractivity contribution in [3.8, 4) is 0 Å². The molecule has 0 aliphatic carbocycles. The molecule has 0 unspecified atom stereocenters. The van der Waals surface area contributed by atoms with Crippen LogP contribution in [0.5, 0.6) is 0 Å². The molecule has 1 aromatic heterocycles. The zero-order valence-corrected chi connectivity index (χ0v) is 12.0. The standard InChI is InChI=1S/C16H10BClS/c17-13-7-10(18)8-14-15(13)12-6-5-9-3-1-2-4-11(9)16(12)19-14/h1-8H,17H2. The maximum absolute atomic E-state index is 6.18. The smallest absolute Gasteiger partial charge is 0.135 e. The number of rotatable bonds is 0. The number of benzene rings is 3. The minimum atomic E-state index is 0.820. The van der Waals surface area contributed by atoms with E-state index in [2.05, 4.69) is 50.3 Å². The Balaban J connectivity index is 2.31. The van der Waals surface area contributed by atoms with Crippen LogP contribution in [-0.4, -0.2) is 7.85 Å². The highest BCUT2D eigenvalue weighted by Gasteiger charge is 2.10. The van der Waals surface area contributed by atoms with E-state index >= 15 is 0 Å². The zero-order chi connectivity index (χ0) is 13.0. The van der Waals surface area contributed by atoms with Crippen LogP contribution in [0.25, 0.3) is 30.9 Å². The average molecular weight is 281 g/mol. The lowest BCUT2D eigenvalue weighted by molar-refractivity contribution is 1.82. The van der Waals surface area contributed by atoms with E-state index < -0.39 is 0 Å². The van der Waals surface area contributed by atoms with E-state index in [1.54, 1.807) is 0 Å². The first-order valence-electron chi connectivity index (χ1n) is 6.24. The Morgan fingerprint density at radius 1 is 0.947 bits per heavy atom. The molecule has 0 fully saturated rings. The third kappa shape index (κ3) is 1.60. The summed E-state index contributed by atoms with van der Waals surface area (Å²) in [6.07, 6.45) is 0. The van der Waals surface area contributed by atoms with Crippen molar-refractivity contribution in [2.75, 3.05) is 0 Å². The van der Waals surface area contributed by atoms with Crippen molar-refractivity contribution in [2.24, 2.45) is 0 Å². The van der Waals surface area contributed by atoms with Crippen LogP contribution in [0.3, 0.4) is 0 Å². The van der Waals surface area contributed by atoms with Crippen molar-refractivity contribution in [1.29, 1.82) is 0 Å². The third-order valence-electron chi connectivity index (χ3n) is 3.63. The van der Waals surface area contributed by atoms with Crippen molar-refractivity contribution >= 4 is 67.2 Å². The highest BCUT2D eigenvalue weighted by molar-refractivity contribution is 7.27. The molecule has 3 aromatic carbocycles. The number of hydrogen-bond donors (Lipinski definition) is 0. The molecule has 1 heterocycles. The van der Waals surface area contributed by atoms with Gasteiger partial charge < -0.3 is 0 Å². The lowest BCUT2D eigenvalue weighted by Crippen LogP contribution is -2.01. The van der Waals surface area contributed by atoms with Gasteiger partial charge in [-0.05, 0) is 28.3 Å². The van der Waals surface area contributed by atoms with Crippen LogP contribution in [0.1, 0.15) is 0 Å². The van der Waals surface area contributed by atoms with E-state index in [1.165, 1.54) is 36.4 Å². The van der Waals surface area contributed by atoms with Crippen LogP contribution in [0.4, 0.5) is 0 Å². The molecule has 0 aliphatic heterocycles. The van der Waals surface area contributed by atoms with Crippen molar-refractivity contribution in [3.05, 3.63) is 53.6 Å². The molecule has 3 heteroatoms. The van der Waals surface area contributed by atoms with Gasteiger partial charge in [-0.2, -0.15) is 0 Å². The summed E-state index contributed by atoms with van der Waals surface area (Å²) in [6, 6.07) is 17.1. The molecule has 4 aromatic rings. The summed E-state index contributed by atoms with van der Waals surface area (Å²) < 4.78 is 2.63. The van der Waals surface area contributed by atoms with Crippen LogP contribution >= 0.6 is 22.9 Å². The number of thiophene rings is 1. The summed E-state index contributed by atoms with van der Waals surface area (Å²) in [5.74, 6) is 0. The van der Waals surface area contributed by atoms with Gasteiger partial charge in [0.15, 0.2) is 0 Å². The van der Waals surface area contributed by atoms with E-state index in [4.69, 9.17) is 11.6 Å². The predicted molar refractivity (Wildman–Crippen MR) is 90.0 cm³/mol. The topological polar surface area (TPSA) is 0 Å². The van der Waals surface area contributed by atoms with Crippen molar-refractivity contribution in [1.82, 2.24) is 0 Å². The fourth-order valence-electron chi connectivity index (χ4n) is 2.80. The summed E-state index contributed by atoms with van der Waals surface area (Å²) in [7, 11) is 2.13. The molecular formula is C16H10BClS. The second-order valence-electron chi connectivity index (χ2n) is 4.86. The summed E-state index contributed by atoms with van der Waals surface area (Å²) >= 11 is 8.01. The zero-order valence-electron chi connectivity index (χ0n) is 10.4. The van der Waals surface area contributed by atoms with Crippen LogP contribution in [-0.2, 0) is 0 Å². The minimum Gasteiger partial charge on any atom is -0.135 e. The Bertz CT molecular complexity index is 940. The first-order chi connectivity index (χ1) is 9.24. The average Bonchev–Trinajstić information content (AvgIpc) is 2.77. The van der Waals surface area contributed by atoms with Crippen LogP contribution < -0.4 is 5.46 Å². The van der Waals surface area contributed by atoms with Crippen molar-refractivity contribution in [2.45, 2.75) is 0 Å². The van der Waals surface area contributed by atoms with E-state index in [0.717, 1.165) is 5.02 Å². The van der Waals surface area contributed by atoms with Gasteiger partial charge in [-0.15, -0.1) is 11.3 Å². The van der Waals surface area contributed by atoms with Crippen LogP contribution in [0, 0.1) is 0 Å². The lowest BCUT2D eigenvalue weighted by Gasteiger charge is -2.00. The quantitative estimate of drug-likeness (QED) is 0.425. The molecule has 4 rings (SSSR count). The normalized spacial score (nSPS) is 11.6. The van der Waals surface area contributed by atoms with Gasteiger partial charge in [-0.1, -0.05) is 53.5 Å². The number of hydrogen-bond acceptors (Lipinski definition) is 1.